The zero-order valence-corrected chi connectivity index (χ0v) is 15.5. The van der Waals surface area contributed by atoms with E-state index in [0.717, 1.165) is 24.8 Å². The molecule has 0 aromatic heterocycles. The molecular formula is C20H28N2O5. The third kappa shape index (κ3) is 5.94. The van der Waals surface area contributed by atoms with Crippen molar-refractivity contribution in [2.75, 3.05) is 19.8 Å². The number of rotatable bonds is 7. The van der Waals surface area contributed by atoms with Crippen LogP contribution in [0.25, 0.3) is 0 Å². The Morgan fingerprint density at radius 3 is 2.78 bits per heavy atom. The lowest BCUT2D eigenvalue weighted by molar-refractivity contribution is -0.137. The van der Waals surface area contributed by atoms with Crippen LogP contribution in [0, 0.1) is 0 Å². The average Bonchev–Trinajstić information content (AvgIpc) is 3.08. The predicted molar refractivity (Wildman–Crippen MR) is 99.6 cm³/mol. The Kier molecular flexibility index (Phi) is 6.68. The first-order chi connectivity index (χ1) is 13.0. The van der Waals surface area contributed by atoms with Gasteiger partial charge in [-0.25, -0.2) is 4.79 Å². The number of hydrogen-bond acceptors (Lipinski definition) is 4. The predicted octanol–water partition coefficient (Wildman–Crippen LogP) is 2.10. The monoisotopic (exact) mass is 376 g/mol. The molecule has 0 saturated carbocycles. The van der Waals surface area contributed by atoms with Gasteiger partial charge in [0.2, 0.25) is 0 Å². The van der Waals surface area contributed by atoms with Gasteiger partial charge in [-0.15, -0.1) is 0 Å². The molecule has 1 spiro atoms. The molecule has 3 atom stereocenters. The van der Waals surface area contributed by atoms with Gasteiger partial charge in [-0.3, -0.25) is 4.79 Å². The lowest BCUT2D eigenvalue weighted by Gasteiger charge is -2.37. The zero-order valence-electron chi connectivity index (χ0n) is 15.5. The van der Waals surface area contributed by atoms with Gasteiger partial charge >= 0.3 is 12.0 Å². The molecule has 3 N–H and O–H groups in total. The van der Waals surface area contributed by atoms with Gasteiger partial charge in [-0.05, 0) is 31.2 Å². The quantitative estimate of drug-likeness (QED) is 0.677. The Labute approximate surface area is 159 Å². The van der Waals surface area contributed by atoms with E-state index < -0.39 is 5.97 Å². The molecule has 2 amide bonds. The second-order valence-corrected chi connectivity index (χ2v) is 7.46. The highest BCUT2D eigenvalue weighted by Gasteiger charge is 2.41. The number of amides is 2. The minimum Gasteiger partial charge on any atom is -0.481 e. The van der Waals surface area contributed by atoms with Gasteiger partial charge in [-0.1, -0.05) is 30.3 Å². The van der Waals surface area contributed by atoms with Crippen molar-refractivity contribution in [3.63, 3.8) is 0 Å². The Morgan fingerprint density at radius 1 is 1.26 bits per heavy atom. The number of benzene rings is 1. The summed E-state index contributed by atoms with van der Waals surface area (Å²) < 4.78 is 11.4. The van der Waals surface area contributed by atoms with E-state index in [9.17, 15) is 9.59 Å². The summed E-state index contributed by atoms with van der Waals surface area (Å²) in [5.41, 5.74) is 0.810. The number of nitrogens with one attached hydrogen (secondary N) is 2. The Morgan fingerprint density at radius 2 is 2.07 bits per heavy atom. The second-order valence-electron chi connectivity index (χ2n) is 7.46. The average molecular weight is 376 g/mol. The fraction of sp³-hybridized carbons (Fsp3) is 0.600. The van der Waals surface area contributed by atoms with Crippen molar-refractivity contribution in [3.8, 4) is 0 Å². The van der Waals surface area contributed by atoms with E-state index in [1.54, 1.807) is 0 Å². The maximum atomic E-state index is 12.5. The molecular weight excluding hydrogens is 348 g/mol. The SMILES string of the molecule is O=C(O)CCC(Cc1ccccc1)NC(=O)NC1CCOC2(CCOC2)C1. The number of carboxylic acids is 1. The highest BCUT2D eigenvalue weighted by atomic mass is 16.6. The first kappa shape index (κ1) is 19.6. The van der Waals surface area contributed by atoms with Crippen molar-refractivity contribution < 1.29 is 24.2 Å². The summed E-state index contributed by atoms with van der Waals surface area (Å²) in [5, 5.41) is 15.0. The molecule has 2 aliphatic heterocycles. The van der Waals surface area contributed by atoms with Gasteiger partial charge < -0.3 is 25.2 Å². The molecule has 1 aromatic rings. The van der Waals surface area contributed by atoms with Crippen LogP contribution in [0.3, 0.4) is 0 Å². The van der Waals surface area contributed by atoms with E-state index in [0.29, 0.717) is 32.7 Å². The van der Waals surface area contributed by atoms with Crippen molar-refractivity contribution in [2.45, 2.75) is 56.2 Å². The van der Waals surface area contributed by atoms with Gasteiger partial charge in [-0.2, -0.15) is 0 Å². The van der Waals surface area contributed by atoms with Crippen LogP contribution in [0.15, 0.2) is 30.3 Å². The Balaban J connectivity index is 1.53. The summed E-state index contributed by atoms with van der Waals surface area (Å²) in [6.07, 6.45) is 3.40. The molecule has 2 saturated heterocycles. The number of hydrogen-bond donors (Lipinski definition) is 3. The van der Waals surface area contributed by atoms with Crippen molar-refractivity contribution in [1.82, 2.24) is 10.6 Å². The molecule has 7 heteroatoms. The maximum absolute atomic E-state index is 12.5. The van der Waals surface area contributed by atoms with Gasteiger partial charge in [0.05, 0.1) is 12.2 Å². The molecule has 7 nitrogen and oxygen atoms in total. The summed E-state index contributed by atoms with van der Waals surface area (Å²) in [4.78, 5) is 23.5. The third-order valence-corrected chi connectivity index (χ3v) is 5.26. The van der Waals surface area contributed by atoms with E-state index in [2.05, 4.69) is 10.6 Å². The normalized spacial score (nSPS) is 25.9. The number of aliphatic carboxylic acids is 1. The Hall–Kier alpha value is -2.12. The van der Waals surface area contributed by atoms with Crippen LogP contribution in [0.4, 0.5) is 4.79 Å². The minimum absolute atomic E-state index is 0.0233. The second kappa shape index (κ2) is 9.19. The standard InChI is InChI=1S/C20H28N2O5/c23-18(24)7-6-16(12-15-4-2-1-3-5-15)21-19(25)22-17-8-10-27-20(13-17)9-11-26-14-20/h1-5,16-17H,6-14H2,(H,23,24)(H2,21,22,25). The first-order valence-corrected chi connectivity index (χ1v) is 9.59. The van der Waals surface area contributed by atoms with Crippen molar-refractivity contribution in [1.29, 1.82) is 0 Å². The van der Waals surface area contributed by atoms with E-state index in [1.807, 2.05) is 30.3 Å². The summed E-state index contributed by atoms with van der Waals surface area (Å²) >= 11 is 0. The smallest absolute Gasteiger partial charge is 0.315 e. The van der Waals surface area contributed by atoms with E-state index >= 15 is 0 Å². The molecule has 3 rings (SSSR count). The molecule has 0 radical (unpaired) electrons. The first-order valence-electron chi connectivity index (χ1n) is 9.59. The van der Waals surface area contributed by atoms with Crippen LogP contribution in [0.2, 0.25) is 0 Å². The molecule has 3 unspecified atom stereocenters. The van der Waals surface area contributed by atoms with Crippen LogP contribution in [0.5, 0.6) is 0 Å². The molecule has 2 aliphatic rings. The summed E-state index contributed by atoms with van der Waals surface area (Å²) in [5.74, 6) is -0.858. The molecule has 0 bridgehead atoms. The van der Waals surface area contributed by atoms with Crippen molar-refractivity contribution in [2.24, 2.45) is 0 Å². The Bertz CT molecular complexity index is 631. The van der Waals surface area contributed by atoms with Crippen molar-refractivity contribution in [3.05, 3.63) is 35.9 Å². The molecule has 27 heavy (non-hydrogen) atoms. The van der Waals surface area contributed by atoms with Gasteiger partial charge in [0, 0.05) is 38.1 Å². The zero-order chi connectivity index (χ0) is 19.1. The van der Waals surface area contributed by atoms with Gasteiger partial charge in [0.15, 0.2) is 0 Å². The molecule has 2 heterocycles. The van der Waals surface area contributed by atoms with Gasteiger partial charge in [0.25, 0.3) is 0 Å². The molecule has 2 fully saturated rings. The van der Waals surface area contributed by atoms with Crippen LogP contribution < -0.4 is 10.6 Å². The van der Waals surface area contributed by atoms with E-state index in [4.69, 9.17) is 14.6 Å². The fourth-order valence-electron chi connectivity index (χ4n) is 3.85. The topological polar surface area (TPSA) is 96.9 Å². The highest BCUT2D eigenvalue weighted by Crippen LogP contribution is 2.32. The van der Waals surface area contributed by atoms with Crippen LogP contribution in [0.1, 0.15) is 37.7 Å². The number of carboxylic acid groups (broad SMARTS) is 1. The highest BCUT2D eigenvalue weighted by molar-refractivity contribution is 5.74. The molecule has 0 aliphatic carbocycles. The lowest BCUT2D eigenvalue weighted by Crippen LogP contribution is -2.52. The van der Waals surface area contributed by atoms with E-state index in [1.165, 1.54) is 0 Å². The number of carbonyl (C=O) groups excluding carboxylic acids is 1. The van der Waals surface area contributed by atoms with Crippen molar-refractivity contribution >= 4 is 12.0 Å². The summed E-state index contributed by atoms with van der Waals surface area (Å²) in [7, 11) is 0. The third-order valence-electron chi connectivity index (χ3n) is 5.26. The molecule has 1 aromatic carbocycles. The number of carbonyl (C=O) groups is 2. The molecule has 148 valence electrons. The van der Waals surface area contributed by atoms with E-state index in [-0.39, 0.29) is 30.1 Å². The number of urea groups is 1. The van der Waals surface area contributed by atoms with Crippen LogP contribution >= 0.6 is 0 Å². The lowest BCUT2D eigenvalue weighted by atomic mass is 9.90. The van der Waals surface area contributed by atoms with Crippen LogP contribution in [-0.2, 0) is 20.7 Å². The minimum atomic E-state index is -0.858. The van der Waals surface area contributed by atoms with Gasteiger partial charge in [0.1, 0.15) is 0 Å². The fourth-order valence-corrected chi connectivity index (χ4v) is 3.85. The maximum Gasteiger partial charge on any atom is 0.315 e. The summed E-state index contributed by atoms with van der Waals surface area (Å²) in [6, 6.07) is 9.34. The number of ether oxygens (including phenoxy) is 2. The largest absolute Gasteiger partial charge is 0.481 e. The summed E-state index contributed by atoms with van der Waals surface area (Å²) in [6.45, 7) is 1.90. The van der Waals surface area contributed by atoms with Crippen LogP contribution in [-0.4, -0.2) is 54.6 Å².